The molecule has 0 spiro atoms. The lowest BCUT2D eigenvalue weighted by Gasteiger charge is -2.13. The van der Waals surface area contributed by atoms with Crippen molar-refractivity contribution in [1.29, 1.82) is 0 Å². The fourth-order valence-corrected chi connectivity index (χ4v) is 3.67. The van der Waals surface area contributed by atoms with Gasteiger partial charge in [-0.05, 0) is 18.2 Å². The first kappa shape index (κ1) is 15.5. The summed E-state index contributed by atoms with van der Waals surface area (Å²) in [7, 11) is 1.53. The number of aromatic nitrogens is 2. The van der Waals surface area contributed by atoms with E-state index in [0.29, 0.717) is 39.0 Å². The van der Waals surface area contributed by atoms with Crippen molar-refractivity contribution in [3.8, 4) is 17.0 Å². The maximum Gasteiger partial charge on any atom is 0.282 e. The molecule has 5 rings (SSSR count). The van der Waals surface area contributed by atoms with E-state index in [1.54, 1.807) is 36.4 Å². The number of carbonyl (C=O) groups is 2. The Morgan fingerprint density at radius 3 is 2.41 bits per heavy atom. The summed E-state index contributed by atoms with van der Waals surface area (Å²) in [6, 6.07) is 19.8. The minimum Gasteiger partial charge on any atom is -0.496 e. The fraction of sp³-hybridized carbons (Fsp3) is 0.0455. The van der Waals surface area contributed by atoms with Crippen molar-refractivity contribution < 1.29 is 14.3 Å². The summed E-state index contributed by atoms with van der Waals surface area (Å²) < 4.78 is 6.69. The van der Waals surface area contributed by atoms with Gasteiger partial charge in [-0.25, -0.2) is 0 Å². The Bertz CT molecular complexity index is 1250. The van der Waals surface area contributed by atoms with Crippen molar-refractivity contribution in [3.63, 3.8) is 0 Å². The lowest BCUT2D eigenvalue weighted by Crippen LogP contribution is -2.14. The van der Waals surface area contributed by atoms with Crippen LogP contribution >= 0.6 is 0 Å². The predicted molar refractivity (Wildman–Crippen MR) is 101 cm³/mol. The Labute approximate surface area is 154 Å². The SMILES string of the molecule is COc1ccccc1C(=O)n1nc2c3c(cccc31)C(=O)c1ccccc1-2. The minimum absolute atomic E-state index is 0.0482. The number of nitrogens with zero attached hydrogens (tertiary/aromatic N) is 2. The molecule has 0 bridgehead atoms. The van der Waals surface area contributed by atoms with Gasteiger partial charge in [-0.15, -0.1) is 0 Å². The van der Waals surface area contributed by atoms with Gasteiger partial charge in [-0.1, -0.05) is 48.5 Å². The normalized spacial score (nSPS) is 12.1. The highest BCUT2D eigenvalue weighted by atomic mass is 16.5. The molecule has 0 saturated heterocycles. The van der Waals surface area contributed by atoms with Crippen molar-refractivity contribution in [2.24, 2.45) is 0 Å². The van der Waals surface area contributed by atoms with Gasteiger partial charge in [0.15, 0.2) is 5.78 Å². The third-order valence-corrected chi connectivity index (χ3v) is 4.91. The third kappa shape index (κ3) is 2.08. The maximum atomic E-state index is 13.2. The molecule has 0 atom stereocenters. The van der Waals surface area contributed by atoms with Crippen LogP contribution in [0, 0.1) is 0 Å². The zero-order valence-electron chi connectivity index (χ0n) is 14.5. The van der Waals surface area contributed by atoms with Crippen molar-refractivity contribution in [1.82, 2.24) is 9.78 Å². The van der Waals surface area contributed by atoms with Gasteiger partial charge in [0.1, 0.15) is 11.4 Å². The van der Waals surface area contributed by atoms with Crippen molar-refractivity contribution >= 4 is 22.6 Å². The number of ketones is 1. The Kier molecular flexibility index (Phi) is 3.24. The number of fused-ring (bicyclic) bond motifs is 2. The molecule has 3 aromatic carbocycles. The van der Waals surface area contributed by atoms with E-state index in [1.165, 1.54) is 11.8 Å². The molecule has 0 unspecified atom stereocenters. The van der Waals surface area contributed by atoms with Gasteiger partial charge in [0, 0.05) is 22.1 Å². The number of para-hydroxylation sites is 1. The van der Waals surface area contributed by atoms with E-state index in [1.807, 2.05) is 30.3 Å². The highest BCUT2D eigenvalue weighted by molar-refractivity contribution is 6.25. The summed E-state index contributed by atoms with van der Waals surface area (Å²) in [5, 5.41) is 5.32. The summed E-state index contributed by atoms with van der Waals surface area (Å²) in [6.07, 6.45) is 0. The number of methoxy groups -OCH3 is 1. The smallest absolute Gasteiger partial charge is 0.282 e. The van der Waals surface area contributed by atoms with Crippen molar-refractivity contribution in [2.45, 2.75) is 0 Å². The van der Waals surface area contributed by atoms with Crippen LogP contribution < -0.4 is 4.74 Å². The van der Waals surface area contributed by atoms with E-state index in [0.717, 1.165) is 5.56 Å². The molecule has 1 aliphatic carbocycles. The first-order valence-electron chi connectivity index (χ1n) is 8.54. The number of hydrogen-bond acceptors (Lipinski definition) is 4. The van der Waals surface area contributed by atoms with Crippen LogP contribution in [0.1, 0.15) is 26.3 Å². The molecule has 0 amide bonds. The molecular weight excluding hydrogens is 340 g/mol. The molecule has 5 nitrogen and oxygen atoms in total. The standard InChI is InChI=1S/C22H14N2O3/c1-27-18-12-5-4-9-15(18)22(26)24-17-11-6-10-16-19(17)20(23-24)13-7-2-3-8-14(13)21(16)25/h2-12H,1H3. The van der Waals surface area contributed by atoms with Crippen LogP contribution in [0.15, 0.2) is 66.7 Å². The van der Waals surface area contributed by atoms with E-state index < -0.39 is 0 Å². The summed E-state index contributed by atoms with van der Waals surface area (Å²) in [6.45, 7) is 0. The summed E-state index contributed by atoms with van der Waals surface area (Å²) >= 11 is 0. The molecule has 0 radical (unpaired) electrons. The third-order valence-electron chi connectivity index (χ3n) is 4.91. The molecule has 1 aliphatic rings. The van der Waals surface area contributed by atoms with Gasteiger partial charge < -0.3 is 4.74 Å². The predicted octanol–water partition coefficient (Wildman–Crippen LogP) is 3.94. The molecule has 0 saturated carbocycles. The minimum atomic E-state index is -0.298. The number of rotatable bonds is 2. The van der Waals surface area contributed by atoms with Crippen molar-refractivity contribution in [2.75, 3.05) is 7.11 Å². The molecule has 1 aromatic heterocycles. The van der Waals surface area contributed by atoms with Gasteiger partial charge >= 0.3 is 0 Å². The van der Waals surface area contributed by atoms with Gasteiger partial charge in [-0.2, -0.15) is 9.78 Å². The highest BCUT2D eigenvalue weighted by Gasteiger charge is 2.30. The van der Waals surface area contributed by atoms with E-state index in [-0.39, 0.29) is 11.7 Å². The topological polar surface area (TPSA) is 61.2 Å². The first-order chi connectivity index (χ1) is 13.2. The number of hydrogen-bond donors (Lipinski definition) is 0. The lowest BCUT2D eigenvalue weighted by molar-refractivity contribution is 0.0947. The molecule has 4 aromatic rings. The Hall–Kier alpha value is -3.73. The second-order valence-corrected chi connectivity index (χ2v) is 6.34. The number of ether oxygens (including phenoxy) is 1. The molecule has 0 fully saturated rings. The van der Waals surface area contributed by atoms with E-state index >= 15 is 0 Å². The van der Waals surface area contributed by atoms with E-state index in [9.17, 15) is 9.59 Å². The maximum absolute atomic E-state index is 13.2. The van der Waals surface area contributed by atoms with Gasteiger partial charge in [0.25, 0.3) is 5.91 Å². The summed E-state index contributed by atoms with van der Waals surface area (Å²) in [5.74, 6) is 0.135. The van der Waals surface area contributed by atoms with Gasteiger partial charge in [-0.3, -0.25) is 9.59 Å². The number of carbonyl (C=O) groups excluding carboxylic acids is 2. The summed E-state index contributed by atoms with van der Waals surface area (Å²) in [4.78, 5) is 26.1. The average molecular weight is 354 g/mol. The van der Waals surface area contributed by atoms with Crippen LogP contribution in [0.2, 0.25) is 0 Å². The van der Waals surface area contributed by atoms with Crippen LogP contribution in [0.25, 0.3) is 22.2 Å². The quantitative estimate of drug-likeness (QED) is 0.482. The molecule has 0 N–H and O–H groups in total. The molecular formula is C22H14N2O3. The Morgan fingerprint density at radius 1 is 0.889 bits per heavy atom. The molecule has 27 heavy (non-hydrogen) atoms. The molecule has 5 heteroatoms. The van der Waals surface area contributed by atoms with E-state index in [2.05, 4.69) is 5.10 Å². The molecule has 1 heterocycles. The van der Waals surface area contributed by atoms with E-state index in [4.69, 9.17) is 4.74 Å². The zero-order valence-corrected chi connectivity index (χ0v) is 14.5. The second kappa shape index (κ2) is 5.64. The van der Waals surface area contributed by atoms with Crippen LogP contribution in [-0.2, 0) is 0 Å². The van der Waals surface area contributed by atoms with Crippen LogP contribution in [0.5, 0.6) is 5.75 Å². The Balaban J connectivity index is 1.81. The monoisotopic (exact) mass is 354 g/mol. The van der Waals surface area contributed by atoms with Crippen LogP contribution in [-0.4, -0.2) is 28.6 Å². The Morgan fingerprint density at radius 2 is 1.59 bits per heavy atom. The van der Waals surface area contributed by atoms with Gasteiger partial charge in [0.05, 0.1) is 18.2 Å². The number of benzene rings is 3. The first-order valence-corrected chi connectivity index (χ1v) is 8.54. The van der Waals surface area contributed by atoms with Crippen LogP contribution in [0.4, 0.5) is 0 Å². The van der Waals surface area contributed by atoms with Gasteiger partial charge in [0.2, 0.25) is 0 Å². The van der Waals surface area contributed by atoms with Crippen molar-refractivity contribution in [3.05, 3.63) is 83.4 Å². The highest BCUT2D eigenvalue weighted by Crippen LogP contribution is 2.39. The zero-order chi connectivity index (χ0) is 18.5. The summed E-state index contributed by atoms with van der Waals surface area (Å²) in [5.41, 5.74) is 3.60. The second-order valence-electron chi connectivity index (χ2n) is 6.34. The largest absolute Gasteiger partial charge is 0.496 e. The van der Waals surface area contributed by atoms with Crippen LogP contribution in [0.3, 0.4) is 0 Å². The lowest BCUT2D eigenvalue weighted by atomic mass is 9.87. The fourth-order valence-electron chi connectivity index (χ4n) is 3.67. The molecule has 130 valence electrons. The average Bonchev–Trinajstić information content (AvgIpc) is 3.12. The molecule has 0 aliphatic heterocycles.